The molecule has 0 amide bonds. The van der Waals surface area contributed by atoms with Crippen molar-refractivity contribution in [3.8, 4) is 6.01 Å². The summed E-state index contributed by atoms with van der Waals surface area (Å²) in [6.07, 6.45) is 1.06. The molecule has 0 aliphatic carbocycles. The van der Waals surface area contributed by atoms with E-state index in [4.69, 9.17) is 4.74 Å². The quantitative estimate of drug-likeness (QED) is 0.776. The van der Waals surface area contributed by atoms with E-state index in [1.54, 1.807) is 7.05 Å². The van der Waals surface area contributed by atoms with Crippen LogP contribution in [0.1, 0.15) is 34.1 Å². The van der Waals surface area contributed by atoms with Gasteiger partial charge in [-0.15, -0.1) is 0 Å². The molecule has 1 aromatic rings. The number of aromatic nitrogens is 3. The molecule has 0 radical (unpaired) electrons. The lowest BCUT2D eigenvalue weighted by Gasteiger charge is -2.16. The van der Waals surface area contributed by atoms with Crippen LogP contribution in [0.15, 0.2) is 0 Å². The predicted octanol–water partition coefficient (Wildman–Crippen LogP) is 2.16. The van der Waals surface area contributed by atoms with Gasteiger partial charge in [-0.3, -0.25) is 0 Å². The van der Waals surface area contributed by atoms with Gasteiger partial charge in [-0.2, -0.15) is 15.0 Å². The molecule has 18 heavy (non-hydrogen) atoms. The minimum Gasteiger partial charge on any atom is -0.464 e. The van der Waals surface area contributed by atoms with Gasteiger partial charge in [0.1, 0.15) is 0 Å². The fourth-order valence-corrected chi connectivity index (χ4v) is 1.71. The van der Waals surface area contributed by atoms with Gasteiger partial charge in [-0.05, 0) is 26.2 Å². The molecule has 1 aromatic heterocycles. The Labute approximate surface area is 109 Å². The van der Waals surface area contributed by atoms with Gasteiger partial charge < -0.3 is 15.4 Å². The Hall–Kier alpha value is -1.59. The zero-order valence-corrected chi connectivity index (χ0v) is 11.8. The fraction of sp³-hybridized carbons (Fsp3) is 0.750. The zero-order chi connectivity index (χ0) is 13.5. The third-order valence-electron chi connectivity index (χ3n) is 2.31. The zero-order valence-electron chi connectivity index (χ0n) is 11.8. The monoisotopic (exact) mass is 253 g/mol. The van der Waals surface area contributed by atoms with E-state index < -0.39 is 0 Å². The second-order valence-electron chi connectivity index (χ2n) is 4.62. The Bertz CT molecular complexity index is 369. The molecule has 0 saturated carbocycles. The minimum atomic E-state index is 0.312. The van der Waals surface area contributed by atoms with Crippen LogP contribution in [0.4, 0.5) is 11.9 Å². The van der Waals surface area contributed by atoms with E-state index in [1.165, 1.54) is 0 Å². The van der Waals surface area contributed by atoms with Crippen LogP contribution < -0.4 is 15.4 Å². The van der Waals surface area contributed by atoms with E-state index in [0.29, 0.717) is 36.5 Å². The molecule has 0 fully saturated rings. The highest BCUT2D eigenvalue weighted by molar-refractivity contribution is 5.35. The Morgan fingerprint density at radius 3 is 2.33 bits per heavy atom. The summed E-state index contributed by atoms with van der Waals surface area (Å²) in [7, 11) is 1.77. The van der Waals surface area contributed by atoms with Crippen molar-refractivity contribution in [3.63, 3.8) is 0 Å². The summed E-state index contributed by atoms with van der Waals surface area (Å²) in [6, 6.07) is 0.655. The summed E-state index contributed by atoms with van der Waals surface area (Å²) in [6.45, 7) is 8.93. The Balaban J connectivity index is 2.77. The second kappa shape index (κ2) is 6.98. The first kappa shape index (κ1) is 14.5. The van der Waals surface area contributed by atoms with Gasteiger partial charge in [0.2, 0.25) is 11.9 Å². The molecule has 0 saturated heterocycles. The van der Waals surface area contributed by atoms with Gasteiger partial charge in [0.15, 0.2) is 0 Å². The molecular formula is C12H23N5O. The summed E-state index contributed by atoms with van der Waals surface area (Å²) in [5.41, 5.74) is 0. The molecule has 0 bridgehead atoms. The molecule has 0 aliphatic rings. The van der Waals surface area contributed by atoms with Crippen LogP contribution in [-0.4, -0.2) is 34.6 Å². The third kappa shape index (κ3) is 4.73. The fourth-order valence-electron chi connectivity index (χ4n) is 1.71. The van der Waals surface area contributed by atoms with Crippen LogP contribution in [-0.2, 0) is 0 Å². The lowest BCUT2D eigenvalue weighted by Crippen LogP contribution is -2.20. The first-order chi connectivity index (χ1) is 8.55. The van der Waals surface area contributed by atoms with Crippen molar-refractivity contribution in [1.82, 2.24) is 15.0 Å². The molecule has 1 atom stereocenters. The summed E-state index contributed by atoms with van der Waals surface area (Å²) in [5.74, 6) is 1.68. The van der Waals surface area contributed by atoms with E-state index in [2.05, 4.69) is 46.4 Å². The van der Waals surface area contributed by atoms with Gasteiger partial charge >= 0.3 is 6.01 Å². The summed E-state index contributed by atoms with van der Waals surface area (Å²) in [4.78, 5) is 12.6. The highest BCUT2D eigenvalue weighted by atomic mass is 16.5. The number of nitrogens with zero attached hydrogens (tertiary/aromatic N) is 3. The van der Waals surface area contributed by atoms with Crippen LogP contribution in [0.2, 0.25) is 0 Å². The number of ether oxygens (including phenoxy) is 1. The SMILES string of the molecule is CCOc1nc(NC)nc(NC(C)CC(C)C)n1. The Morgan fingerprint density at radius 1 is 1.11 bits per heavy atom. The molecule has 102 valence electrons. The maximum Gasteiger partial charge on any atom is 0.323 e. The van der Waals surface area contributed by atoms with Crippen LogP contribution in [0.3, 0.4) is 0 Å². The van der Waals surface area contributed by atoms with E-state index in [9.17, 15) is 0 Å². The van der Waals surface area contributed by atoms with Gasteiger partial charge in [-0.25, -0.2) is 0 Å². The van der Waals surface area contributed by atoms with Gasteiger partial charge in [0, 0.05) is 13.1 Å². The molecule has 2 N–H and O–H groups in total. The average molecular weight is 253 g/mol. The van der Waals surface area contributed by atoms with Crippen molar-refractivity contribution in [2.75, 3.05) is 24.3 Å². The normalized spacial score (nSPS) is 12.3. The molecule has 6 heteroatoms. The van der Waals surface area contributed by atoms with Crippen LogP contribution in [0.25, 0.3) is 0 Å². The molecule has 0 spiro atoms. The van der Waals surface area contributed by atoms with E-state index in [-0.39, 0.29) is 0 Å². The maximum absolute atomic E-state index is 5.31. The van der Waals surface area contributed by atoms with Crippen LogP contribution >= 0.6 is 0 Å². The van der Waals surface area contributed by atoms with Gasteiger partial charge in [-0.1, -0.05) is 13.8 Å². The van der Waals surface area contributed by atoms with Crippen molar-refractivity contribution in [3.05, 3.63) is 0 Å². The molecule has 0 aliphatic heterocycles. The highest BCUT2D eigenvalue weighted by Gasteiger charge is 2.10. The lowest BCUT2D eigenvalue weighted by atomic mass is 10.1. The number of hydrogen-bond acceptors (Lipinski definition) is 6. The number of nitrogens with one attached hydrogen (secondary N) is 2. The van der Waals surface area contributed by atoms with E-state index in [1.807, 2.05) is 6.92 Å². The lowest BCUT2D eigenvalue weighted by molar-refractivity contribution is 0.312. The van der Waals surface area contributed by atoms with Crippen molar-refractivity contribution in [2.24, 2.45) is 5.92 Å². The molecule has 0 aromatic carbocycles. The van der Waals surface area contributed by atoms with Crippen molar-refractivity contribution < 1.29 is 4.74 Å². The van der Waals surface area contributed by atoms with E-state index in [0.717, 1.165) is 6.42 Å². The molecular weight excluding hydrogens is 230 g/mol. The minimum absolute atomic E-state index is 0.312. The van der Waals surface area contributed by atoms with Crippen LogP contribution in [0, 0.1) is 5.92 Å². The first-order valence-electron chi connectivity index (χ1n) is 6.38. The molecule has 6 nitrogen and oxygen atoms in total. The van der Waals surface area contributed by atoms with Crippen molar-refractivity contribution >= 4 is 11.9 Å². The topological polar surface area (TPSA) is 72.0 Å². The van der Waals surface area contributed by atoms with Crippen molar-refractivity contribution in [1.29, 1.82) is 0 Å². The smallest absolute Gasteiger partial charge is 0.323 e. The van der Waals surface area contributed by atoms with Crippen LogP contribution in [0.5, 0.6) is 6.01 Å². The highest BCUT2D eigenvalue weighted by Crippen LogP contribution is 2.13. The van der Waals surface area contributed by atoms with Gasteiger partial charge in [0.25, 0.3) is 0 Å². The third-order valence-corrected chi connectivity index (χ3v) is 2.31. The summed E-state index contributed by atoms with van der Waals surface area (Å²) in [5, 5.41) is 6.16. The van der Waals surface area contributed by atoms with Gasteiger partial charge in [0.05, 0.1) is 6.61 Å². The summed E-state index contributed by atoms with van der Waals surface area (Å²) >= 11 is 0. The molecule has 1 heterocycles. The first-order valence-corrected chi connectivity index (χ1v) is 6.38. The number of anilines is 2. The maximum atomic E-state index is 5.31. The second-order valence-corrected chi connectivity index (χ2v) is 4.62. The molecule has 1 rings (SSSR count). The number of rotatable bonds is 7. The Kier molecular flexibility index (Phi) is 5.61. The summed E-state index contributed by atoms with van der Waals surface area (Å²) < 4.78 is 5.31. The predicted molar refractivity (Wildman–Crippen MR) is 73.1 cm³/mol. The van der Waals surface area contributed by atoms with E-state index >= 15 is 0 Å². The average Bonchev–Trinajstić information content (AvgIpc) is 2.27. The Morgan fingerprint density at radius 2 is 1.78 bits per heavy atom. The van der Waals surface area contributed by atoms with Crippen molar-refractivity contribution in [2.45, 2.75) is 40.2 Å². The molecule has 1 unspecified atom stereocenters. The largest absolute Gasteiger partial charge is 0.464 e. The standard InChI is InChI=1S/C12H23N5O/c1-6-18-12-16-10(13-5)15-11(17-12)14-9(4)7-8(2)3/h8-9H,6-7H2,1-5H3,(H2,13,14,15,16,17). The number of hydrogen-bond donors (Lipinski definition) is 2.